The van der Waals surface area contributed by atoms with E-state index in [1.807, 2.05) is 6.92 Å². The summed E-state index contributed by atoms with van der Waals surface area (Å²) in [4.78, 5) is 4.21. The minimum atomic E-state index is 0. The average molecular weight is 417 g/mol. The summed E-state index contributed by atoms with van der Waals surface area (Å²) in [5.74, 6) is 1.79. The van der Waals surface area contributed by atoms with Crippen LogP contribution in [-0.4, -0.2) is 33.2 Å². The number of rotatable bonds is 7. The van der Waals surface area contributed by atoms with Gasteiger partial charge < -0.3 is 15.4 Å². The first-order valence-electron chi connectivity index (χ1n) is 7.40. The van der Waals surface area contributed by atoms with Gasteiger partial charge in [0.25, 0.3) is 0 Å². The Bertz CT molecular complexity index is 487. The van der Waals surface area contributed by atoms with Gasteiger partial charge in [-0.05, 0) is 43.9 Å². The lowest BCUT2D eigenvalue weighted by molar-refractivity contribution is 0.411. The predicted octanol–water partition coefficient (Wildman–Crippen LogP) is 3.30. The zero-order valence-electron chi connectivity index (χ0n) is 14.0. The summed E-state index contributed by atoms with van der Waals surface area (Å²) in [6.07, 6.45) is 6.14. The lowest BCUT2D eigenvalue weighted by atomic mass is 10.1. The molecule has 0 aliphatic rings. The average Bonchev–Trinajstić information content (AvgIpc) is 2.51. The number of methoxy groups -OCH3 is 1. The van der Waals surface area contributed by atoms with E-state index in [-0.39, 0.29) is 24.0 Å². The molecule has 0 spiro atoms. The van der Waals surface area contributed by atoms with Crippen LogP contribution in [-0.2, 0) is 6.42 Å². The van der Waals surface area contributed by atoms with Gasteiger partial charge in [-0.1, -0.05) is 24.3 Å². The minimum Gasteiger partial charge on any atom is -0.496 e. The molecule has 0 radical (unpaired) electrons. The first kappa shape index (κ1) is 20.8. The van der Waals surface area contributed by atoms with Gasteiger partial charge in [-0.15, -0.1) is 24.0 Å². The Hall–Kier alpha value is -1.24. The van der Waals surface area contributed by atoms with Gasteiger partial charge in [0.15, 0.2) is 5.96 Å². The van der Waals surface area contributed by atoms with E-state index in [1.165, 1.54) is 5.56 Å². The van der Waals surface area contributed by atoms with Crippen LogP contribution >= 0.6 is 24.0 Å². The molecule has 0 bridgehead atoms. The highest BCUT2D eigenvalue weighted by atomic mass is 127. The van der Waals surface area contributed by atoms with Crippen molar-refractivity contribution < 1.29 is 4.74 Å². The Morgan fingerprint density at radius 1 is 1.27 bits per heavy atom. The fourth-order valence-electron chi connectivity index (χ4n) is 2.01. The number of halogens is 1. The number of ether oxygens (including phenoxy) is 1. The van der Waals surface area contributed by atoms with E-state index in [2.05, 4.69) is 52.9 Å². The van der Waals surface area contributed by atoms with Crippen molar-refractivity contribution in [2.45, 2.75) is 26.7 Å². The molecule has 124 valence electrons. The second kappa shape index (κ2) is 12.3. The van der Waals surface area contributed by atoms with Gasteiger partial charge in [0.05, 0.1) is 7.11 Å². The third-order valence-corrected chi connectivity index (χ3v) is 3.24. The predicted molar refractivity (Wildman–Crippen MR) is 106 cm³/mol. The van der Waals surface area contributed by atoms with E-state index in [1.54, 1.807) is 14.2 Å². The van der Waals surface area contributed by atoms with Crippen LogP contribution in [0.3, 0.4) is 0 Å². The number of nitrogens with zero attached hydrogens (tertiary/aromatic N) is 1. The molecule has 5 heteroatoms. The van der Waals surface area contributed by atoms with Crippen LogP contribution in [0.25, 0.3) is 0 Å². The molecular formula is C17H28IN3O. The molecule has 1 aromatic rings. The molecule has 0 atom stereocenters. The molecule has 0 aromatic heterocycles. The van der Waals surface area contributed by atoms with Crippen molar-refractivity contribution in [3.63, 3.8) is 0 Å². The van der Waals surface area contributed by atoms with Crippen molar-refractivity contribution in [1.82, 2.24) is 10.6 Å². The molecule has 0 saturated carbocycles. The van der Waals surface area contributed by atoms with Crippen LogP contribution in [0, 0.1) is 6.92 Å². The second-order valence-corrected chi connectivity index (χ2v) is 4.84. The van der Waals surface area contributed by atoms with Crippen LogP contribution in [0.2, 0.25) is 0 Å². The van der Waals surface area contributed by atoms with Gasteiger partial charge in [-0.3, -0.25) is 4.99 Å². The highest BCUT2D eigenvalue weighted by Crippen LogP contribution is 2.18. The quantitative estimate of drug-likeness (QED) is 0.235. The molecule has 1 aromatic carbocycles. The SMILES string of the molecule is CC=CCCNC(=NC)NCCc1ccc(C)c(OC)c1.I. The molecule has 0 amide bonds. The summed E-state index contributed by atoms with van der Waals surface area (Å²) >= 11 is 0. The highest BCUT2D eigenvalue weighted by molar-refractivity contribution is 14.0. The van der Waals surface area contributed by atoms with Gasteiger partial charge in [-0.2, -0.15) is 0 Å². The summed E-state index contributed by atoms with van der Waals surface area (Å²) in [6.45, 7) is 5.82. The number of benzene rings is 1. The lowest BCUT2D eigenvalue weighted by Crippen LogP contribution is -2.38. The summed E-state index contributed by atoms with van der Waals surface area (Å²) in [5.41, 5.74) is 2.42. The molecule has 4 nitrogen and oxygen atoms in total. The zero-order chi connectivity index (χ0) is 15.5. The zero-order valence-corrected chi connectivity index (χ0v) is 16.3. The van der Waals surface area contributed by atoms with Crippen LogP contribution in [0.15, 0.2) is 35.3 Å². The Balaban J connectivity index is 0.00000441. The third-order valence-electron chi connectivity index (χ3n) is 3.24. The lowest BCUT2D eigenvalue weighted by Gasteiger charge is -2.12. The largest absolute Gasteiger partial charge is 0.496 e. The van der Waals surface area contributed by atoms with Crippen molar-refractivity contribution in [3.05, 3.63) is 41.5 Å². The Labute approximate surface area is 151 Å². The van der Waals surface area contributed by atoms with Crippen LogP contribution in [0.4, 0.5) is 0 Å². The highest BCUT2D eigenvalue weighted by Gasteiger charge is 2.01. The number of allylic oxidation sites excluding steroid dienone is 1. The first-order valence-corrected chi connectivity index (χ1v) is 7.40. The number of aliphatic imine (C=N–C) groups is 1. The van der Waals surface area contributed by atoms with Crippen LogP contribution < -0.4 is 15.4 Å². The van der Waals surface area contributed by atoms with Crippen LogP contribution in [0.5, 0.6) is 5.75 Å². The number of nitrogens with one attached hydrogen (secondary N) is 2. The maximum atomic E-state index is 5.35. The van der Waals surface area contributed by atoms with Crippen molar-refractivity contribution in [2.75, 3.05) is 27.2 Å². The van der Waals surface area contributed by atoms with Gasteiger partial charge in [0, 0.05) is 20.1 Å². The molecule has 2 N–H and O–H groups in total. The Morgan fingerprint density at radius 2 is 2.00 bits per heavy atom. The molecular weight excluding hydrogens is 389 g/mol. The molecule has 22 heavy (non-hydrogen) atoms. The minimum absolute atomic E-state index is 0. The van der Waals surface area contributed by atoms with E-state index in [9.17, 15) is 0 Å². The molecule has 0 aliphatic carbocycles. The second-order valence-electron chi connectivity index (χ2n) is 4.84. The van der Waals surface area contributed by atoms with E-state index < -0.39 is 0 Å². The maximum absolute atomic E-state index is 5.35. The summed E-state index contributed by atoms with van der Waals surface area (Å²) in [5, 5.41) is 6.61. The Morgan fingerprint density at radius 3 is 2.64 bits per heavy atom. The smallest absolute Gasteiger partial charge is 0.190 e. The van der Waals surface area contributed by atoms with E-state index >= 15 is 0 Å². The molecule has 0 fully saturated rings. The monoisotopic (exact) mass is 417 g/mol. The van der Waals surface area contributed by atoms with Gasteiger partial charge >= 0.3 is 0 Å². The van der Waals surface area contributed by atoms with Crippen molar-refractivity contribution in [1.29, 1.82) is 0 Å². The first-order chi connectivity index (χ1) is 10.2. The standard InChI is InChI=1S/C17H27N3O.HI/c1-5-6-7-11-19-17(18-3)20-12-10-15-9-8-14(2)16(13-15)21-4;/h5-6,8-9,13H,7,10-12H2,1-4H3,(H2,18,19,20);1H. The number of aryl methyl sites for hydroxylation is 1. The molecule has 0 unspecified atom stereocenters. The van der Waals surface area contributed by atoms with E-state index in [4.69, 9.17) is 4.74 Å². The third kappa shape index (κ3) is 7.68. The van der Waals surface area contributed by atoms with Crippen molar-refractivity contribution in [3.8, 4) is 5.75 Å². The number of hydrogen-bond acceptors (Lipinski definition) is 2. The van der Waals surface area contributed by atoms with Gasteiger partial charge in [0.1, 0.15) is 5.75 Å². The van der Waals surface area contributed by atoms with Crippen molar-refractivity contribution in [2.24, 2.45) is 4.99 Å². The molecule has 0 heterocycles. The van der Waals surface area contributed by atoms with E-state index in [0.717, 1.165) is 43.2 Å². The number of guanidine groups is 1. The maximum Gasteiger partial charge on any atom is 0.190 e. The Kier molecular flexibility index (Phi) is 11.6. The van der Waals surface area contributed by atoms with Crippen molar-refractivity contribution >= 4 is 29.9 Å². The van der Waals surface area contributed by atoms with Gasteiger partial charge in [-0.25, -0.2) is 0 Å². The number of hydrogen-bond donors (Lipinski definition) is 2. The molecule has 0 aliphatic heterocycles. The topological polar surface area (TPSA) is 45.7 Å². The van der Waals surface area contributed by atoms with Gasteiger partial charge in [0.2, 0.25) is 0 Å². The molecule has 0 saturated heterocycles. The fourth-order valence-corrected chi connectivity index (χ4v) is 2.01. The fraction of sp³-hybridized carbons (Fsp3) is 0.471. The van der Waals surface area contributed by atoms with E-state index in [0.29, 0.717) is 0 Å². The molecule has 1 rings (SSSR count). The summed E-state index contributed by atoms with van der Waals surface area (Å²) < 4.78 is 5.35. The summed E-state index contributed by atoms with van der Waals surface area (Å²) in [6, 6.07) is 6.33. The van der Waals surface area contributed by atoms with Crippen LogP contribution in [0.1, 0.15) is 24.5 Å². The summed E-state index contributed by atoms with van der Waals surface area (Å²) in [7, 11) is 3.50. The normalized spacial score (nSPS) is 11.2.